The maximum Gasteiger partial charge on any atom is 0.263 e. The highest BCUT2D eigenvalue weighted by atomic mass is 35.5. The lowest BCUT2D eigenvalue weighted by molar-refractivity contribution is 0.409. The van der Waals surface area contributed by atoms with Gasteiger partial charge in [0.15, 0.2) is 0 Å². The molecule has 0 radical (unpaired) electrons. The molecule has 278 valence electrons. The molecule has 8 rings (SSSR count). The van der Waals surface area contributed by atoms with Gasteiger partial charge in [-0.25, -0.2) is 15.0 Å². The molecule has 0 atom stereocenters. The summed E-state index contributed by atoms with van der Waals surface area (Å²) in [6.45, 7) is 8.69. The highest BCUT2D eigenvalue weighted by molar-refractivity contribution is 6.54. The number of benzene rings is 6. The Bertz CT molecular complexity index is 2500. The SMILES string of the molecule is CCc1ccc(C2=NC(c3ccccc3Cl)(n3c(-c4ccccc4Cl)nc(-c4ccc(CC)cc4)c3-c3ccc(CC)cc3)N=C2c2ccc(CC)cc2)cc1. The van der Waals surface area contributed by atoms with E-state index in [4.69, 9.17) is 38.2 Å². The smallest absolute Gasteiger partial charge is 0.263 e. The lowest BCUT2D eigenvalue weighted by Crippen LogP contribution is -2.31. The second-order valence-corrected chi connectivity index (χ2v) is 15.0. The number of nitrogens with zero attached hydrogens (tertiary/aromatic N) is 4. The van der Waals surface area contributed by atoms with E-state index in [1.54, 1.807) is 0 Å². The highest BCUT2D eigenvalue weighted by Crippen LogP contribution is 2.48. The zero-order valence-corrected chi connectivity index (χ0v) is 33.7. The molecule has 0 saturated heterocycles. The Kier molecular flexibility index (Phi) is 10.6. The summed E-state index contributed by atoms with van der Waals surface area (Å²) in [6, 6.07) is 50.5. The Morgan fingerprint density at radius 2 is 0.875 bits per heavy atom. The van der Waals surface area contributed by atoms with Crippen molar-refractivity contribution in [3.63, 3.8) is 0 Å². The van der Waals surface area contributed by atoms with Crippen LogP contribution in [0.25, 0.3) is 33.9 Å². The third kappa shape index (κ3) is 6.82. The average Bonchev–Trinajstić information content (AvgIpc) is 3.85. The van der Waals surface area contributed by atoms with E-state index in [9.17, 15) is 0 Å². The molecule has 0 bridgehead atoms. The van der Waals surface area contributed by atoms with Crippen molar-refractivity contribution in [2.75, 3.05) is 0 Å². The standard InChI is InChI=1S/C50H44Cl2N4/c1-5-33-17-25-37(26-18-33)45-46(38-27-19-34(6-2)20-28-38)55-50(54-45,42-14-10-12-16-44(42)52)56-48(40-31-23-36(8-4)24-32-40)47(39-29-21-35(7-3)22-30-39)53-49(56)41-13-9-11-15-43(41)51/h9-32H,5-8H2,1-4H3. The molecule has 4 nitrogen and oxygen atoms in total. The number of aliphatic imine (C=N–C) groups is 2. The van der Waals surface area contributed by atoms with Gasteiger partial charge in [-0.2, -0.15) is 0 Å². The minimum absolute atomic E-state index is 0.545. The van der Waals surface area contributed by atoms with Gasteiger partial charge in [-0.05, 0) is 66.1 Å². The first-order chi connectivity index (χ1) is 27.4. The van der Waals surface area contributed by atoms with Crippen molar-refractivity contribution in [3.8, 4) is 33.9 Å². The zero-order chi connectivity index (χ0) is 38.8. The summed E-state index contributed by atoms with van der Waals surface area (Å²) in [5.74, 6) is -0.798. The quantitative estimate of drug-likeness (QED) is 0.129. The number of hydrogen-bond acceptors (Lipinski definition) is 3. The van der Waals surface area contributed by atoms with Crippen LogP contribution in [0.5, 0.6) is 0 Å². The summed E-state index contributed by atoms with van der Waals surface area (Å²) < 4.78 is 2.19. The molecule has 0 spiro atoms. The zero-order valence-electron chi connectivity index (χ0n) is 32.2. The summed E-state index contributed by atoms with van der Waals surface area (Å²) >= 11 is 14.5. The van der Waals surface area contributed by atoms with Gasteiger partial charge < -0.3 is 0 Å². The van der Waals surface area contributed by atoms with Crippen LogP contribution in [-0.2, 0) is 31.5 Å². The monoisotopic (exact) mass is 770 g/mol. The van der Waals surface area contributed by atoms with Crippen LogP contribution in [0.2, 0.25) is 10.0 Å². The van der Waals surface area contributed by atoms with Crippen LogP contribution in [0.1, 0.15) is 66.6 Å². The number of aryl methyl sites for hydroxylation is 4. The molecule has 0 unspecified atom stereocenters. The lowest BCUT2D eigenvalue weighted by atomic mass is 9.98. The summed E-state index contributed by atoms with van der Waals surface area (Å²) in [5.41, 5.74) is 13.6. The van der Waals surface area contributed by atoms with Crippen molar-refractivity contribution in [1.29, 1.82) is 0 Å². The maximum absolute atomic E-state index is 7.34. The van der Waals surface area contributed by atoms with E-state index in [0.29, 0.717) is 15.9 Å². The van der Waals surface area contributed by atoms with Gasteiger partial charge in [-0.3, -0.25) is 4.57 Å². The van der Waals surface area contributed by atoms with Crippen molar-refractivity contribution in [2.24, 2.45) is 9.98 Å². The molecule has 0 amide bonds. The van der Waals surface area contributed by atoms with E-state index in [1.165, 1.54) is 22.3 Å². The molecule has 0 fully saturated rings. The second kappa shape index (κ2) is 15.9. The van der Waals surface area contributed by atoms with Crippen LogP contribution >= 0.6 is 23.2 Å². The molecule has 0 aliphatic carbocycles. The molecule has 1 aliphatic heterocycles. The predicted octanol–water partition coefficient (Wildman–Crippen LogP) is 13.1. The van der Waals surface area contributed by atoms with Crippen LogP contribution in [0.4, 0.5) is 0 Å². The summed E-state index contributed by atoms with van der Waals surface area (Å²) in [7, 11) is 0. The van der Waals surface area contributed by atoms with Gasteiger partial charge in [0.2, 0.25) is 0 Å². The van der Waals surface area contributed by atoms with E-state index in [0.717, 1.165) is 81.9 Å². The lowest BCUT2D eigenvalue weighted by Gasteiger charge is -2.30. The molecule has 0 saturated carbocycles. The highest BCUT2D eigenvalue weighted by Gasteiger charge is 2.46. The van der Waals surface area contributed by atoms with Crippen LogP contribution in [0, 0.1) is 0 Å². The molecule has 7 aromatic rings. The molecule has 6 heteroatoms. The van der Waals surface area contributed by atoms with Crippen molar-refractivity contribution in [1.82, 2.24) is 9.55 Å². The molecule has 1 aliphatic rings. The Balaban J connectivity index is 1.55. The molecular weight excluding hydrogens is 727 g/mol. The normalized spacial score (nSPS) is 13.5. The largest absolute Gasteiger partial charge is 0.275 e. The van der Waals surface area contributed by atoms with Crippen LogP contribution < -0.4 is 0 Å². The fourth-order valence-corrected chi connectivity index (χ4v) is 8.01. The first-order valence-electron chi connectivity index (χ1n) is 19.6. The van der Waals surface area contributed by atoms with E-state index in [1.807, 2.05) is 48.5 Å². The maximum atomic E-state index is 7.34. The van der Waals surface area contributed by atoms with Crippen molar-refractivity contribution in [3.05, 3.63) is 195 Å². The van der Waals surface area contributed by atoms with Gasteiger partial charge >= 0.3 is 0 Å². The molecular formula is C50H44Cl2N4. The summed E-state index contributed by atoms with van der Waals surface area (Å²) in [5, 5.41) is 1.12. The van der Waals surface area contributed by atoms with Gasteiger partial charge in [-0.15, -0.1) is 0 Å². The number of halogens is 2. The van der Waals surface area contributed by atoms with Crippen LogP contribution in [0.15, 0.2) is 156 Å². The van der Waals surface area contributed by atoms with E-state index in [2.05, 4.69) is 129 Å². The van der Waals surface area contributed by atoms with Crippen LogP contribution in [0.3, 0.4) is 0 Å². The molecule has 56 heavy (non-hydrogen) atoms. The number of aromatic nitrogens is 2. The second-order valence-electron chi connectivity index (χ2n) is 14.2. The van der Waals surface area contributed by atoms with Gasteiger partial charge in [0.25, 0.3) is 5.79 Å². The molecule has 6 aromatic carbocycles. The van der Waals surface area contributed by atoms with Gasteiger partial charge in [-0.1, -0.05) is 178 Å². The Labute approximate surface area is 340 Å². The van der Waals surface area contributed by atoms with Crippen molar-refractivity contribution < 1.29 is 0 Å². The van der Waals surface area contributed by atoms with Crippen molar-refractivity contribution >= 4 is 34.6 Å². The van der Waals surface area contributed by atoms with E-state index in [-0.39, 0.29) is 0 Å². The first-order valence-corrected chi connectivity index (χ1v) is 20.3. The Morgan fingerprint density at radius 1 is 0.464 bits per heavy atom. The minimum atomic E-state index is -1.43. The summed E-state index contributed by atoms with van der Waals surface area (Å²) in [6.07, 6.45) is 3.74. The van der Waals surface area contributed by atoms with Gasteiger partial charge in [0.1, 0.15) is 5.82 Å². The van der Waals surface area contributed by atoms with E-state index >= 15 is 0 Å². The minimum Gasteiger partial charge on any atom is -0.275 e. The third-order valence-corrected chi connectivity index (χ3v) is 11.5. The topological polar surface area (TPSA) is 42.5 Å². The first kappa shape index (κ1) is 37.4. The molecule has 2 heterocycles. The van der Waals surface area contributed by atoms with Crippen molar-refractivity contribution in [2.45, 2.75) is 59.2 Å². The average molecular weight is 772 g/mol. The number of rotatable bonds is 11. The van der Waals surface area contributed by atoms with E-state index < -0.39 is 5.79 Å². The Hall–Kier alpha value is -5.55. The third-order valence-electron chi connectivity index (χ3n) is 10.8. The summed E-state index contributed by atoms with van der Waals surface area (Å²) in [4.78, 5) is 17.2. The van der Waals surface area contributed by atoms with Gasteiger partial charge in [0.05, 0.1) is 32.9 Å². The fourth-order valence-electron chi connectivity index (χ4n) is 7.53. The number of imidazole rings is 1. The molecule has 0 N–H and O–H groups in total. The fraction of sp³-hybridized carbons (Fsp3) is 0.180. The van der Waals surface area contributed by atoms with Crippen LogP contribution in [-0.4, -0.2) is 21.0 Å². The predicted molar refractivity (Wildman–Crippen MR) is 236 cm³/mol. The Morgan fingerprint density at radius 3 is 1.32 bits per heavy atom. The number of hydrogen-bond donors (Lipinski definition) is 0. The molecule has 1 aromatic heterocycles. The van der Waals surface area contributed by atoms with Gasteiger partial charge in [0, 0.05) is 33.4 Å².